The minimum atomic E-state index is -0.192. The second-order valence-corrected chi connectivity index (χ2v) is 7.16. The van der Waals surface area contributed by atoms with Crippen molar-refractivity contribution in [2.24, 2.45) is 0 Å². The summed E-state index contributed by atoms with van der Waals surface area (Å²) in [6.07, 6.45) is 1.63. The molecule has 0 aliphatic heterocycles. The number of hydrogen-bond donors (Lipinski definition) is 1. The van der Waals surface area contributed by atoms with Crippen LogP contribution in [0.5, 0.6) is 0 Å². The monoisotopic (exact) mass is 396 g/mol. The normalized spacial score (nSPS) is 11.3. The summed E-state index contributed by atoms with van der Waals surface area (Å²) in [5.74, 6) is -0.192. The molecule has 6 nitrogen and oxygen atoms in total. The highest BCUT2D eigenvalue weighted by atomic mass is 35.5. The Kier molecular flexibility index (Phi) is 4.73. The van der Waals surface area contributed by atoms with Crippen LogP contribution in [0, 0.1) is 13.8 Å². The van der Waals surface area contributed by atoms with Gasteiger partial charge < -0.3 is 14.3 Å². The molecular formula is C21H21ClN4O2. The van der Waals surface area contributed by atoms with E-state index in [0.29, 0.717) is 22.8 Å². The van der Waals surface area contributed by atoms with Crippen LogP contribution in [-0.2, 0) is 13.1 Å². The number of halogens is 1. The number of furan rings is 1. The maximum atomic E-state index is 13.1. The summed E-state index contributed by atoms with van der Waals surface area (Å²) < 4.78 is 9.36. The average Bonchev–Trinajstić information content (AvgIpc) is 3.34. The minimum absolute atomic E-state index is 0.192. The molecular weight excluding hydrogens is 376 g/mol. The van der Waals surface area contributed by atoms with Gasteiger partial charge in [-0.2, -0.15) is 5.10 Å². The molecule has 4 rings (SSSR count). The first-order chi connectivity index (χ1) is 13.5. The van der Waals surface area contributed by atoms with Crippen LogP contribution in [-0.4, -0.2) is 20.3 Å². The highest BCUT2D eigenvalue weighted by Crippen LogP contribution is 2.25. The largest absolute Gasteiger partial charge is 0.463 e. The van der Waals surface area contributed by atoms with E-state index >= 15 is 0 Å². The van der Waals surface area contributed by atoms with Crippen molar-refractivity contribution >= 4 is 34.3 Å². The van der Waals surface area contributed by atoms with E-state index in [2.05, 4.69) is 10.4 Å². The third-order valence-electron chi connectivity index (χ3n) is 4.93. The van der Waals surface area contributed by atoms with Gasteiger partial charge >= 0.3 is 0 Å². The Morgan fingerprint density at radius 2 is 1.96 bits per heavy atom. The zero-order chi connectivity index (χ0) is 19.8. The van der Waals surface area contributed by atoms with Crippen LogP contribution in [0.1, 0.15) is 34.4 Å². The second kappa shape index (κ2) is 7.20. The fraction of sp³-hybridized carbons (Fsp3) is 0.238. The number of rotatable bonds is 5. The lowest BCUT2D eigenvalue weighted by Gasteiger charge is -2.11. The number of nitrogens with zero attached hydrogens (tertiary/aromatic N) is 3. The lowest BCUT2D eigenvalue weighted by molar-refractivity contribution is 0.101. The molecule has 3 heterocycles. The molecule has 0 unspecified atom stereocenters. The van der Waals surface area contributed by atoms with Crippen LogP contribution in [0.15, 0.2) is 47.1 Å². The van der Waals surface area contributed by atoms with Gasteiger partial charge in [-0.25, -0.2) is 0 Å². The van der Waals surface area contributed by atoms with Gasteiger partial charge in [0, 0.05) is 30.2 Å². The molecule has 7 heteroatoms. The Morgan fingerprint density at radius 1 is 1.21 bits per heavy atom. The third kappa shape index (κ3) is 3.20. The van der Waals surface area contributed by atoms with Crippen LogP contribution < -0.4 is 5.32 Å². The smallest absolute Gasteiger partial charge is 0.272 e. The number of aromatic nitrogens is 3. The number of fused-ring (bicyclic) bond motifs is 1. The molecule has 1 amide bonds. The van der Waals surface area contributed by atoms with Crippen LogP contribution in [0.3, 0.4) is 0 Å². The van der Waals surface area contributed by atoms with E-state index in [0.717, 1.165) is 34.7 Å². The summed E-state index contributed by atoms with van der Waals surface area (Å²) in [4.78, 5) is 13.1. The lowest BCUT2D eigenvalue weighted by atomic mass is 10.2. The lowest BCUT2D eigenvalue weighted by Crippen LogP contribution is -2.18. The Bertz CT molecular complexity index is 1150. The molecule has 3 aromatic heterocycles. The molecule has 0 saturated carbocycles. The van der Waals surface area contributed by atoms with Crippen molar-refractivity contribution in [1.82, 2.24) is 14.3 Å². The number of amides is 1. The summed E-state index contributed by atoms with van der Waals surface area (Å²) in [5, 5.41) is 8.18. The first-order valence-corrected chi connectivity index (χ1v) is 9.52. The summed E-state index contributed by atoms with van der Waals surface area (Å²) >= 11 is 5.99. The second-order valence-electron chi connectivity index (χ2n) is 6.73. The van der Waals surface area contributed by atoms with E-state index in [4.69, 9.17) is 16.0 Å². The van der Waals surface area contributed by atoms with Gasteiger partial charge in [0.2, 0.25) is 0 Å². The standard InChI is InChI=1S/C21H21ClN4O2/c1-4-26-14(3)20(13(2)24-26)23-21(27)18-11-19-17(9-10-28-19)25(18)12-15-5-7-16(22)8-6-15/h5-11H,4,12H2,1-3H3,(H,23,27). The molecule has 0 aliphatic rings. The molecule has 0 aliphatic carbocycles. The molecule has 144 valence electrons. The molecule has 0 fully saturated rings. The average molecular weight is 397 g/mol. The summed E-state index contributed by atoms with van der Waals surface area (Å²) in [6.45, 7) is 7.17. The number of carbonyl (C=O) groups excluding carboxylic acids is 1. The highest BCUT2D eigenvalue weighted by molar-refractivity contribution is 6.30. The maximum absolute atomic E-state index is 13.1. The Labute approximate surface area is 167 Å². The van der Waals surface area contributed by atoms with Gasteiger partial charge in [-0.3, -0.25) is 9.48 Å². The fourth-order valence-electron chi connectivity index (χ4n) is 3.47. The predicted molar refractivity (Wildman–Crippen MR) is 110 cm³/mol. The molecule has 0 saturated heterocycles. The number of nitrogens with one attached hydrogen (secondary N) is 1. The van der Waals surface area contributed by atoms with Gasteiger partial charge in [-0.05, 0) is 38.5 Å². The molecule has 0 atom stereocenters. The van der Waals surface area contributed by atoms with Gasteiger partial charge in [0.25, 0.3) is 5.91 Å². The van der Waals surface area contributed by atoms with Crippen molar-refractivity contribution in [3.8, 4) is 0 Å². The Morgan fingerprint density at radius 3 is 2.64 bits per heavy atom. The minimum Gasteiger partial charge on any atom is -0.463 e. The number of benzene rings is 1. The van der Waals surface area contributed by atoms with E-state index in [9.17, 15) is 4.79 Å². The van der Waals surface area contributed by atoms with E-state index < -0.39 is 0 Å². The third-order valence-corrected chi connectivity index (χ3v) is 5.18. The summed E-state index contributed by atoms with van der Waals surface area (Å²) in [5.41, 5.74) is 5.62. The Balaban J connectivity index is 1.70. The predicted octanol–water partition coefficient (Wildman–Crippen LogP) is 5.02. The molecule has 4 aromatic rings. The summed E-state index contributed by atoms with van der Waals surface area (Å²) in [7, 11) is 0. The quantitative estimate of drug-likeness (QED) is 0.515. The van der Waals surface area contributed by atoms with Crippen molar-refractivity contribution in [3.05, 3.63) is 70.3 Å². The zero-order valence-corrected chi connectivity index (χ0v) is 16.7. The molecule has 1 aromatic carbocycles. The van der Waals surface area contributed by atoms with Crippen molar-refractivity contribution in [1.29, 1.82) is 0 Å². The SMILES string of the molecule is CCn1nc(C)c(NC(=O)c2cc3occc3n2Cc2ccc(Cl)cc2)c1C. The van der Waals surface area contributed by atoms with E-state index in [1.807, 2.05) is 60.4 Å². The first kappa shape index (κ1) is 18.4. The number of aryl methyl sites for hydroxylation is 2. The number of anilines is 1. The first-order valence-electron chi connectivity index (χ1n) is 9.14. The molecule has 1 N–H and O–H groups in total. The molecule has 0 radical (unpaired) electrons. The van der Waals surface area contributed by atoms with Crippen molar-refractivity contribution < 1.29 is 9.21 Å². The fourth-order valence-corrected chi connectivity index (χ4v) is 3.60. The highest BCUT2D eigenvalue weighted by Gasteiger charge is 2.20. The van der Waals surface area contributed by atoms with Crippen molar-refractivity contribution in [2.75, 3.05) is 5.32 Å². The zero-order valence-electron chi connectivity index (χ0n) is 16.0. The molecule has 0 spiro atoms. The Hall–Kier alpha value is -2.99. The topological polar surface area (TPSA) is 65.0 Å². The van der Waals surface area contributed by atoms with Crippen LogP contribution in [0.2, 0.25) is 5.02 Å². The molecule has 0 bridgehead atoms. The van der Waals surface area contributed by atoms with Crippen molar-refractivity contribution in [3.63, 3.8) is 0 Å². The van der Waals surface area contributed by atoms with Gasteiger partial charge in [-0.1, -0.05) is 23.7 Å². The van der Waals surface area contributed by atoms with Gasteiger partial charge in [0.1, 0.15) is 5.69 Å². The van der Waals surface area contributed by atoms with E-state index in [-0.39, 0.29) is 5.91 Å². The van der Waals surface area contributed by atoms with E-state index in [1.54, 1.807) is 12.3 Å². The van der Waals surface area contributed by atoms with Crippen molar-refractivity contribution in [2.45, 2.75) is 33.9 Å². The van der Waals surface area contributed by atoms with Crippen LogP contribution in [0.4, 0.5) is 5.69 Å². The van der Waals surface area contributed by atoms with Crippen LogP contribution >= 0.6 is 11.6 Å². The van der Waals surface area contributed by atoms with Gasteiger partial charge in [0.05, 0.1) is 28.9 Å². The van der Waals surface area contributed by atoms with Crippen LogP contribution in [0.25, 0.3) is 11.1 Å². The maximum Gasteiger partial charge on any atom is 0.272 e. The number of carbonyl (C=O) groups is 1. The van der Waals surface area contributed by atoms with Gasteiger partial charge in [-0.15, -0.1) is 0 Å². The molecule has 28 heavy (non-hydrogen) atoms. The van der Waals surface area contributed by atoms with E-state index in [1.165, 1.54) is 0 Å². The summed E-state index contributed by atoms with van der Waals surface area (Å²) in [6, 6.07) is 11.2. The number of hydrogen-bond acceptors (Lipinski definition) is 3. The van der Waals surface area contributed by atoms with Gasteiger partial charge in [0.15, 0.2) is 5.58 Å².